The van der Waals surface area contributed by atoms with Gasteiger partial charge in [0.2, 0.25) is 5.95 Å². The highest BCUT2D eigenvalue weighted by Crippen LogP contribution is 2.42. The van der Waals surface area contributed by atoms with Crippen LogP contribution in [0.5, 0.6) is 0 Å². The molecule has 1 atom stereocenters. The minimum absolute atomic E-state index is 0.283. The summed E-state index contributed by atoms with van der Waals surface area (Å²) in [7, 11) is 0. The summed E-state index contributed by atoms with van der Waals surface area (Å²) >= 11 is 0. The van der Waals surface area contributed by atoms with Crippen molar-refractivity contribution < 1.29 is 9.84 Å². The fourth-order valence-electron chi connectivity index (χ4n) is 5.20. The molecule has 3 saturated heterocycles. The fourth-order valence-corrected chi connectivity index (χ4v) is 5.20. The molecule has 0 aromatic carbocycles. The van der Waals surface area contributed by atoms with Gasteiger partial charge in [-0.25, -0.2) is 9.97 Å². The third-order valence-electron chi connectivity index (χ3n) is 7.77. The normalized spacial score (nSPS) is 21.6. The molecule has 10 nitrogen and oxygen atoms in total. The van der Waals surface area contributed by atoms with Crippen molar-refractivity contribution in [1.82, 2.24) is 24.7 Å². The Morgan fingerprint density at radius 3 is 2.60 bits per heavy atom. The lowest BCUT2D eigenvalue weighted by Gasteiger charge is -2.55. The highest BCUT2D eigenvalue weighted by atomic mass is 16.5. The summed E-state index contributed by atoms with van der Waals surface area (Å²) in [5.74, 6) is 3.11. The predicted molar refractivity (Wildman–Crippen MR) is 135 cm³/mol. The van der Waals surface area contributed by atoms with E-state index in [1.807, 2.05) is 19.2 Å². The van der Waals surface area contributed by atoms with Crippen LogP contribution in [-0.4, -0.2) is 74.8 Å². The highest BCUT2D eigenvalue weighted by Gasteiger charge is 2.50. The van der Waals surface area contributed by atoms with Crippen LogP contribution in [0.2, 0.25) is 0 Å². The number of pyridine rings is 1. The first-order valence-corrected chi connectivity index (χ1v) is 12.6. The molecule has 1 spiro atoms. The Morgan fingerprint density at radius 1 is 1.14 bits per heavy atom. The fraction of sp³-hybridized carbons (Fsp3) is 0.600. The third-order valence-corrected chi connectivity index (χ3v) is 7.77. The molecule has 3 aromatic heterocycles. The number of rotatable bonds is 6. The molecule has 35 heavy (non-hydrogen) atoms. The van der Waals surface area contributed by atoms with E-state index in [4.69, 9.17) is 19.8 Å². The monoisotopic (exact) mass is 478 g/mol. The van der Waals surface area contributed by atoms with Gasteiger partial charge in [0.15, 0.2) is 5.82 Å². The van der Waals surface area contributed by atoms with Crippen molar-refractivity contribution in [2.24, 2.45) is 5.41 Å². The molecular weight excluding hydrogens is 444 g/mol. The van der Waals surface area contributed by atoms with Crippen molar-refractivity contribution in [3.63, 3.8) is 0 Å². The molecule has 0 aliphatic carbocycles. The van der Waals surface area contributed by atoms with Crippen LogP contribution in [-0.2, 0) is 4.74 Å². The average Bonchev–Trinajstić information content (AvgIpc) is 3.15. The lowest BCUT2D eigenvalue weighted by Crippen LogP contribution is -2.66. The molecule has 3 aliphatic rings. The first-order chi connectivity index (χ1) is 16.8. The molecule has 10 heteroatoms. The number of aromatic nitrogens is 5. The molecule has 3 aromatic rings. The van der Waals surface area contributed by atoms with Gasteiger partial charge in [0, 0.05) is 50.7 Å². The van der Waals surface area contributed by atoms with E-state index in [2.05, 4.69) is 44.7 Å². The van der Waals surface area contributed by atoms with Gasteiger partial charge in [0.25, 0.3) is 0 Å². The maximum absolute atomic E-state index is 10.2. The van der Waals surface area contributed by atoms with E-state index >= 15 is 0 Å². The summed E-state index contributed by atoms with van der Waals surface area (Å²) in [6, 6.07) is 4.21. The van der Waals surface area contributed by atoms with Gasteiger partial charge in [0.05, 0.1) is 35.1 Å². The number of hydrogen-bond acceptors (Lipinski definition) is 9. The second kappa shape index (κ2) is 8.30. The van der Waals surface area contributed by atoms with Crippen LogP contribution >= 0.6 is 0 Å². The van der Waals surface area contributed by atoms with Gasteiger partial charge in [-0.1, -0.05) is 6.92 Å². The molecule has 6 heterocycles. The number of nitrogens with one attached hydrogen (secondary N) is 1. The molecule has 1 unspecified atom stereocenters. The van der Waals surface area contributed by atoms with E-state index in [1.54, 1.807) is 6.20 Å². The SMILES string of the molecule is CCC(C)n1nc(N2CC3(COC3)C2)c2cnc(Nc3ccnc(N4CCC(C)(O)CC4)n3)cc21. The zero-order valence-corrected chi connectivity index (χ0v) is 20.7. The van der Waals surface area contributed by atoms with Gasteiger partial charge in [-0.05, 0) is 39.2 Å². The first kappa shape index (κ1) is 22.5. The van der Waals surface area contributed by atoms with Crippen LogP contribution in [0.25, 0.3) is 10.9 Å². The average molecular weight is 479 g/mol. The number of hydrogen-bond donors (Lipinski definition) is 2. The minimum Gasteiger partial charge on any atom is -0.390 e. The molecule has 0 radical (unpaired) electrons. The zero-order valence-electron chi connectivity index (χ0n) is 20.7. The van der Waals surface area contributed by atoms with Gasteiger partial charge in [-0.15, -0.1) is 0 Å². The van der Waals surface area contributed by atoms with Crippen molar-refractivity contribution in [2.75, 3.05) is 54.5 Å². The maximum Gasteiger partial charge on any atom is 0.227 e. The van der Waals surface area contributed by atoms with E-state index in [0.717, 1.165) is 68.4 Å². The number of nitrogens with zero attached hydrogens (tertiary/aromatic N) is 7. The molecular formula is C25H34N8O2. The van der Waals surface area contributed by atoms with Crippen molar-refractivity contribution in [1.29, 1.82) is 0 Å². The van der Waals surface area contributed by atoms with Gasteiger partial charge in [-0.3, -0.25) is 4.68 Å². The van der Waals surface area contributed by atoms with Crippen molar-refractivity contribution >= 4 is 34.3 Å². The standard InChI is InChI=1S/C25H34N8O2/c1-4-17(2)33-19-11-21(27-12-18(19)22(30-33)32-13-25(14-32)15-35-16-25)28-20-5-8-26-23(29-20)31-9-6-24(3,34)7-10-31/h5,8,11-12,17,34H,4,6-7,9-10,13-16H2,1-3H3,(H,26,27,28,29). The van der Waals surface area contributed by atoms with Crippen LogP contribution in [0.4, 0.5) is 23.4 Å². The quantitative estimate of drug-likeness (QED) is 0.553. The van der Waals surface area contributed by atoms with Gasteiger partial charge >= 0.3 is 0 Å². The third kappa shape index (κ3) is 4.08. The van der Waals surface area contributed by atoms with E-state index in [9.17, 15) is 5.11 Å². The Morgan fingerprint density at radius 2 is 1.91 bits per heavy atom. The van der Waals surface area contributed by atoms with E-state index in [1.165, 1.54) is 0 Å². The molecule has 3 aliphatic heterocycles. The van der Waals surface area contributed by atoms with Gasteiger partial charge < -0.3 is 25.0 Å². The van der Waals surface area contributed by atoms with Crippen molar-refractivity contribution in [2.45, 2.75) is 51.7 Å². The Kier molecular flexibility index (Phi) is 5.33. The Labute approximate surface area is 205 Å². The molecule has 3 fully saturated rings. The summed E-state index contributed by atoms with van der Waals surface area (Å²) < 4.78 is 7.57. The first-order valence-electron chi connectivity index (χ1n) is 12.6. The Balaban J connectivity index is 1.25. The lowest BCUT2D eigenvalue weighted by atomic mass is 9.78. The number of anilines is 4. The largest absolute Gasteiger partial charge is 0.390 e. The predicted octanol–water partition coefficient (Wildman–Crippen LogP) is 3.12. The Hall–Kier alpha value is -2.98. The van der Waals surface area contributed by atoms with E-state index < -0.39 is 5.60 Å². The smallest absolute Gasteiger partial charge is 0.227 e. The zero-order chi connectivity index (χ0) is 24.2. The summed E-state index contributed by atoms with van der Waals surface area (Å²) in [6.45, 7) is 11.5. The molecule has 2 N–H and O–H groups in total. The van der Waals surface area contributed by atoms with Crippen molar-refractivity contribution in [3.05, 3.63) is 24.5 Å². The molecule has 186 valence electrons. The molecule has 0 saturated carbocycles. The van der Waals surface area contributed by atoms with Crippen LogP contribution < -0.4 is 15.1 Å². The number of fused-ring (bicyclic) bond motifs is 1. The summed E-state index contributed by atoms with van der Waals surface area (Å²) in [6.07, 6.45) is 6.10. The Bertz CT molecular complexity index is 1220. The van der Waals surface area contributed by atoms with Crippen molar-refractivity contribution in [3.8, 4) is 0 Å². The lowest BCUT2D eigenvalue weighted by molar-refractivity contribution is -0.127. The second-order valence-electron chi connectivity index (χ2n) is 10.8. The van der Waals surface area contributed by atoms with Crippen LogP contribution in [0, 0.1) is 5.41 Å². The molecule has 6 rings (SSSR count). The molecule has 0 amide bonds. The topological polar surface area (TPSA) is 104 Å². The van der Waals surface area contributed by atoms with Crippen LogP contribution in [0.15, 0.2) is 24.5 Å². The van der Waals surface area contributed by atoms with Gasteiger partial charge in [-0.2, -0.15) is 10.1 Å². The van der Waals surface area contributed by atoms with Crippen LogP contribution in [0.1, 0.15) is 46.1 Å². The summed E-state index contributed by atoms with van der Waals surface area (Å²) in [5, 5.41) is 19.7. The second-order valence-corrected chi connectivity index (χ2v) is 10.8. The summed E-state index contributed by atoms with van der Waals surface area (Å²) in [5.41, 5.74) is 0.798. The van der Waals surface area contributed by atoms with E-state index in [0.29, 0.717) is 30.0 Å². The molecule has 0 bridgehead atoms. The van der Waals surface area contributed by atoms with Crippen LogP contribution in [0.3, 0.4) is 0 Å². The van der Waals surface area contributed by atoms with Gasteiger partial charge in [0.1, 0.15) is 11.6 Å². The number of piperidine rings is 1. The number of ether oxygens (including phenoxy) is 1. The minimum atomic E-state index is -0.606. The maximum atomic E-state index is 10.2. The number of aliphatic hydroxyl groups is 1. The highest BCUT2D eigenvalue weighted by molar-refractivity contribution is 5.92. The summed E-state index contributed by atoms with van der Waals surface area (Å²) in [4.78, 5) is 18.4. The van der Waals surface area contributed by atoms with E-state index in [-0.39, 0.29) is 6.04 Å².